The van der Waals surface area contributed by atoms with Crippen molar-refractivity contribution in [2.24, 2.45) is 4.99 Å². The molecular formula is C20H33N5. The summed E-state index contributed by atoms with van der Waals surface area (Å²) < 4.78 is 0. The molecule has 0 amide bonds. The van der Waals surface area contributed by atoms with Gasteiger partial charge in [0.05, 0.1) is 0 Å². The molecule has 3 atom stereocenters. The first-order valence-corrected chi connectivity index (χ1v) is 9.61. The van der Waals surface area contributed by atoms with Crippen molar-refractivity contribution in [1.82, 2.24) is 20.4 Å². The van der Waals surface area contributed by atoms with Gasteiger partial charge in [0.25, 0.3) is 0 Å². The quantitative estimate of drug-likeness (QED) is 0.633. The molecule has 0 spiro atoms. The highest BCUT2D eigenvalue weighted by molar-refractivity contribution is 5.80. The van der Waals surface area contributed by atoms with E-state index in [2.05, 4.69) is 69.7 Å². The zero-order valence-corrected chi connectivity index (χ0v) is 15.9. The minimum Gasteiger partial charge on any atom is -0.355 e. The first-order valence-electron chi connectivity index (χ1n) is 9.61. The minimum absolute atomic E-state index is 0.464. The van der Waals surface area contributed by atoms with Gasteiger partial charge in [-0.1, -0.05) is 30.3 Å². The molecule has 0 bridgehead atoms. The van der Waals surface area contributed by atoms with Crippen LogP contribution in [-0.2, 0) is 6.54 Å². The van der Waals surface area contributed by atoms with Crippen molar-refractivity contribution >= 4 is 5.96 Å². The molecule has 138 valence electrons. The monoisotopic (exact) mass is 343 g/mol. The van der Waals surface area contributed by atoms with E-state index < -0.39 is 0 Å². The maximum Gasteiger partial charge on any atom is 0.191 e. The van der Waals surface area contributed by atoms with E-state index in [0.717, 1.165) is 32.0 Å². The summed E-state index contributed by atoms with van der Waals surface area (Å²) in [6.45, 7) is 6.62. The lowest BCUT2D eigenvalue weighted by Gasteiger charge is -2.23. The van der Waals surface area contributed by atoms with Crippen LogP contribution in [0.5, 0.6) is 0 Å². The molecule has 2 aliphatic heterocycles. The van der Waals surface area contributed by atoms with Crippen LogP contribution in [-0.4, -0.2) is 67.6 Å². The van der Waals surface area contributed by atoms with Gasteiger partial charge in [-0.15, -0.1) is 0 Å². The van der Waals surface area contributed by atoms with Crippen LogP contribution in [0.1, 0.15) is 31.7 Å². The number of nitrogens with one attached hydrogen (secondary N) is 2. The molecule has 5 heteroatoms. The van der Waals surface area contributed by atoms with Crippen molar-refractivity contribution < 1.29 is 0 Å². The van der Waals surface area contributed by atoms with E-state index in [-0.39, 0.29) is 0 Å². The molecule has 25 heavy (non-hydrogen) atoms. The lowest BCUT2D eigenvalue weighted by Crippen LogP contribution is -2.48. The summed E-state index contributed by atoms with van der Waals surface area (Å²) in [7, 11) is 4.09. The Labute approximate surface area is 152 Å². The van der Waals surface area contributed by atoms with Gasteiger partial charge >= 0.3 is 0 Å². The van der Waals surface area contributed by atoms with Gasteiger partial charge in [-0.2, -0.15) is 0 Å². The van der Waals surface area contributed by atoms with Crippen LogP contribution < -0.4 is 10.6 Å². The lowest BCUT2D eigenvalue weighted by molar-refractivity contribution is 0.258. The van der Waals surface area contributed by atoms with Crippen molar-refractivity contribution in [3.63, 3.8) is 0 Å². The van der Waals surface area contributed by atoms with Gasteiger partial charge in [0.1, 0.15) is 0 Å². The van der Waals surface area contributed by atoms with Crippen LogP contribution in [0.3, 0.4) is 0 Å². The summed E-state index contributed by atoms with van der Waals surface area (Å²) in [4.78, 5) is 9.43. The molecule has 1 aromatic carbocycles. The number of benzene rings is 1. The number of aliphatic imine (C=N–C) groups is 1. The summed E-state index contributed by atoms with van der Waals surface area (Å²) in [5.41, 5.74) is 1.39. The summed E-state index contributed by atoms with van der Waals surface area (Å²) in [5, 5.41) is 7.16. The second kappa shape index (κ2) is 8.68. The number of nitrogens with zero attached hydrogens (tertiary/aromatic N) is 3. The van der Waals surface area contributed by atoms with Crippen LogP contribution >= 0.6 is 0 Å². The van der Waals surface area contributed by atoms with Crippen molar-refractivity contribution in [3.8, 4) is 0 Å². The Morgan fingerprint density at radius 3 is 2.76 bits per heavy atom. The Kier molecular flexibility index (Phi) is 6.32. The highest BCUT2D eigenvalue weighted by Crippen LogP contribution is 2.20. The van der Waals surface area contributed by atoms with Crippen molar-refractivity contribution in [1.29, 1.82) is 0 Å². The van der Waals surface area contributed by atoms with Crippen LogP contribution in [0.15, 0.2) is 35.3 Å². The van der Waals surface area contributed by atoms with Crippen LogP contribution in [0.25, 0.3) is 0 Å². The van der Waals surface area contributed by atoms with Crippen LogP contribution in [0.4, 0.5) is 0 Å². The van der Waals surface area contributed by atoms with Crippen molar-refractivity contribution in [2.45, 2.75) is 50.9 Å². The van der Waals surface area contributed by atoms with E-state index in [1.165, 1.54) is 24.9 Å². The fourth-order valence-electron chi connectivity index (χ4n) is 4.08. The molecule has 0 aliphatic carbocycles. The molecular weight excluding hydrogens is 310 g/mol. The Bertz CT molecular complexity index is 558. The Morgan fingerprint density at radius 1 is 1.28 bits per heavy atom. The van der Waals surface area contributed by atoms with Crippen LogP contribution in [0, 0.1) is 0 Å². The molecule has 2 aliphatic rings. The first-order chi connectivity index (χ1) is 12.2. The summed E-state index contributed by atoms with van der Waals surface area (Å²) in [6, 6.07) is 12.4. The smallest absolute Gasteiger partial charge is 0.191 e. The number of rotatable bonds is 5. The number of guanidine groups is 1. The number of likely N-dealkylation sites (tertiary alicyclic amines) is 2. The minimum atomic E-state index is 0.464. The Morgan fingerprint density at radius 2 is 2.08 bits per heavy atom. The van der Waals surface area contributed by atoms with Gasteiger partial charge < -0.3 is 15.5 Å². The number of likely N-dealkylation sites (N-methyl/N-ethyl adjacent to an activating group) is 1. The third-order valence-corrected chi connectivity index (χ3v) is 5.67. The molecule has 2 fully saturated rings. The zero-order valence-electron chi connectivity index (χ0n) is 15.9. The SMILES string of the molecule is CN=C(NCC1CCCN1C)NC1CC(C)N(Cc2ccccc2)C1. The third kappa shape index (κ3) is 4.95. The van der Waals surface area contributed by atoms with E-state index in [0.29, 0.717) is 18.1 Å². The molecule has 2 N–H and O–H groups in total. The lowest BCUT2D eigenvalue weighted by atomic mass is 10.2. The van der Waals surface area contributed by atoms with Gasteiger partial charge in [0.15, 0.2) is 5.96 Å². The average Bonchev–Trinajstić information content (AvgIpc) is 3.18. The fourth-order valence-corrected chi connectivity index (χ4v) is 4.08. The predicted molar refractivity (Wildman–Crippen MR) is 105 cm³/mol. The summed E-state index contributed by atoms with van der Waals surface area (Å²) in [5.74, 6) is 0.944. The molecule has 0 radical (unpaired) electrons. The molecule has 5 nitrogen and oxygen atoms in total. The van der Waals surface area contributed by atoms with Crippen molar-refractivity contribution in [3.05, 3.63) is 35.9 Å². The molecule has 3 unspecified atom stereocenters. The summed E-state index contributed by atoms with van der Waals surface area (Å²) >= 11 is 0. The molecule has 1 aromatic rings. The van der Waals surface area contributed by atoms with E-state index in [1.807, 2.05) is 7.05 Å². The molecule has 2 heterocycles. The average molecular weight is 344 g/mol. The molecule has 0 aromatic heterocycles. The third-order valence-electron chi connectivity index (χ3n) is 5.67. The standard InChI is InChI=1S/C20H33N5/c1-16-12-18(15-25(16)14-17-8-5-4-6-9-17)23-20(21-2)22-13-19-10-7-11-24(19)3/h4-6,8-9,16,18-19H,7,10-15H2,1-3H3,(H2,21,22,23). The summed E-state index contributed by atoms with van der Waals surface area (Å²) in [6.07, 6.45) is 3.76. The highest BCUT2D eigenvalue weighted by atomic mass is 15.3. The van der Waals surface area contributed by atoms with Gasteiger partial charge in [-0.25, -0.2) is 0 Å². The van der Waals surface area contributed by atoms with E-state index in [1.54, 1.807) is 0 Å². The normalized spacial score (nSPS) is 28.4. The second-order valence-corrected chi connectivity index (χ2v) is 7.57. The maximum absolute atomic E-state index is 4.43. The van der Waals surface area contributed by atoms with Crippen LogP contribution in [0.2, 0.25) is 0 Å². The second-order valence-electron chi connectivity index (χ2n) is 7.57. The number of hydrogen-bond acceptors (Lipinski definition) is 3. The largest absolute Gasteiger partial charge is 0.355 e. The van der Waals surface area contributed by atoms with Gasteiger partial charge in [0, 0.05) is 44.8 Å². The van der Waals surface area contributed by atoms with E-state index >= 15 is 0 Å². The number of hydrogen-bond donors (Lipinski definition) is 2. The molecule has 0 saturated carbocycles. The maximum atomic E-state index is 4.43. The van der Waals surface area contributed by atoms with E-state index in [9.17, 15) is 0 Å². The van der Waals surface area contributed by atoms with Gasteiger partial charge in [0.2, 0.25) is 0 Å². The van der Waals surface area contributed by atoms with Crippen molar-refractivity contribution in [2.75, 3.05) is 33.7 Å². The van der Waals surface area contributed by atoms with E-state index in [4.69, 9.17) is 0 Å². The molecule has 3 rings (SSSR count). The topological polar surface area (TPSA) is 42.9 Å². The Hall–Kier alpha value is -1.59. The molecule has 2 saturated heterocycles. The Balaban J connectivity index is 1.47. The van der Waals surface area contributed by atoms with Gasteiger partial charge in [-0.3, -0.25) is 9.89 Å². The highest BCUT2D eigenvalue weighted by Gasteiger charge is 2.29. The zero-order chi connectivity index (χ0) is 17.6. The first kappa shape index (κ1) is 18.2. The fraction of sp³-hybridized carbons (Fsp3) is 0.650. The van der Waals surface area contributed by atoms with Gasteiger partial charge in [-0.05, 0) is 45.3 Å². The predicted octanol–water partition coefficient (Wildman–Crippen LogP) is 1.91.